The third-order valence-electron chi connectivity index (χ3n) is 6.32. The van der Waals surface area contributed by atoms with Crippen molar-refractivity contribution in [1.29, 1.82) is 0 Å². The van der Waals surface area contributed by atoms with Gasteiger partial charge in [-0.3, -0.25) is 9.79 Å². The van der Waals surface area contributed by atoms with Crippen LogP contribution < -0.4 is 5.32 Å². The fourth-order valence-corrected chi connectivity index (χ4v) is 4.85. The van der Waals surface area contributed by atoms with Crippen molar-refractivity contribution in [2.45, 2.75) is 45.2 Å². The van der Waals surface area contributed by atoms with Gasteiger partial charge in [-0.1, -0.05) is 17.7 Å². The number of aromatic nitrogens is 2. The number of H-pyrrole nitrogens is 1. The molecule has 5 rings (SSSR count). The summed E-state index contributed by atoms with van der Waals surface area (Å²) < 4.78 is 0. The Bertz CT molecular complexity index is 1180. The summed E-state index contributed by atoms with van der Waals surface area (Å²) in [6, 6.07) is 11.8. The fourth-order valence-electron chi connectivity index (χ4n) is 4.68. The summed E-state index contributed by atoms with van der Waals surface area (Å²) in [6.45, 7) is 5.94. The molecule has 2 aliphatic heterocycles. The Labute approximate surface area is 186 Å². The van der Waals surface area contributed by atoms with E-state index in [0.29, 0.717) is 22.5 Å². The predicted octanol–water partition coefficient (Wildman–Crippen LogP) is 4.63. The fraction of sp³-hybridized carbons (Fsp3) is 0.375. The molecule has 1 unspecified atom stereocenters. The lowest BCUT2D eigenvalue weighted by Gasteiger charge is -2.32. The minimum absolute atomic E-state index is 0.120. The number of imidazole rings is 1. The molecule has 3 heterocycles. The molecule has 7 heteroatoms. The number of benzene rings is 2. The summed E-state index contributed by atoms with van der Waals surface area (Å²) in [4.78, 5) is 28.0. The highest BCUT2D eigenvalue weighted by atomic mass is 35.5. The topological polar surface area (TPSA) is 73.4 Å². The maximum atomic E-state index is 12.9. The van der Waals surface area contributed by atoms with Gasteiger partial charge in [-0.05, 0) is 69.0 Å². The van der Waals surface area contributed by atoms with Crippen LogP contribution in [0.2, 0.25) is 5.02 Å². The number of nitrogens with one attached hydrogen (secondary N) is 2. The van der Waals surface area contributed by atoms with E-state index in [4.69, 9.17) is 16.6 Å². The average molecular weight is 436 g/mol. The Hall–Kier alpha value is -2.86. The molecular formula is C24H26ClN5O. The van der Waals surface area contributed by atoms with E-state index in [1.165, 1.54) is 12.8 Å². The molecule has 31 heavy (non-hydrogen) atoms. The first-order valence-electron chi connectivity index (χ1n) is 10.9. The van der Waals surface area contributed by atoms with Gasteiger partial charge in [0.25, 0.3) is 5.91 Å². The van der Waals surface area contributed by atoms with Crippen LogP contribution in [0.15, 0.2) is 41.4 Å². The molecule has 1 saturated heterocycles. The quantitative estimate of drug-likeness (QED) is 0.627. The molecule has 2 aliphatic rings. The second-order valence-corrected chi connectivity index (χ2v) is 8.93. The van der Waals surface area contributed by atoms with Gasteiger partial charge in [0.1, 0.15) is 11.7 Å². The van der Waals surface area contributed by atoms with Gasteiger partial charge in [-0.15, -0.1) is 0 Å². The van der Waals surface area contributed by atoms with E-state index >= 15 is 0 Å². The molecule has 0 aliphatic carbocycles. The minimum Gasteiger partial charge on any atom is -0.353 e. The van der Waals surface area contributed by atoms with Crippen LogP contribution in [0.25, 0.3) is 11.0 Å². The van der Waals surface area contributed by atoms with Gasteiger partial charge in [0.15, 0.2) is 0 Å². The van der Waals surface area contributed by atoms with Crippen molar-refractivity contribution in [2.24, 2.45) is 4.99 Å². The third-order valence-corrected chi connectivity index (χ3v) is 6.56. The van der Waals surface area contributed by atoms with Gasteiger partial charge in [0.05, 0.1) is 17.1 Å². The molecule has 1 amide bonds. The maximum Gasteiger partial charge on any atom is 0.251 e. The standard InChI is InChI=1S/C24H26ClN5O/c1-14-12-16(5-7-19(14)23-26-10-9-18-4-3-11-30(18)23)24(31)27-15(2)22-28-20-8-6-17(25)13-21(20)29-22/h5-8,12-13,15,18H,3-4,9-11H2,1-2H3,(H,27,31)(H,28,29)/t15-,18?/m0/s1. The molecule has 1 aromatic heterocycles. The summed E-state index contributed by atoms with van der Waals surface area (Å²) in [5.74, 6) is 1.67. The second-order valence-electron chi connectivity index (χ2n) is 8.49. The number of carbonyl (C=O) groups is 1. The van der Waals surface area contributed by atoms with Gasteiger partial charge in [-0.25, -0.2) is 4.98 Å². The molecule has 0 saturated carbocycles. The molecule has 160 valence electrons. The lowest BCUT2D eigenvalue weighted by molar-refractivity contribution is 0.0938. The van der Waals surface area contributed by atoms with E-state index in [9.17, 15) is 4.79 Å². The normalized spacial score (nSPS) is 19.3. The number of amides is 1. The number of rotatable bonds is 4. The summed E-state index contributed by atoms with van der Waals surface area (Å²) >= 11 is 6.06. The summed E-state index contributed by atoms with van der Waals surface area (Å²) in [7, 11) is 0. The number of aliphatic imine (C=N–C) groups is 1. The van der Waals surface area contributed by atoms with Crippen molar-refractivity contribution < 1.29 is 4.79 Å². The second kappa shape index (κ2) is 8.00. The number of fused-ring (bicyclic) bond motifs is 2. The van der Waals surface area contributed by atoms with E-state index in [-0.39, 0.29) is 11.9 Å². The zero-order valence-electron chi connectivity index (χ0n) is 17.8. The molecule has 3 aromatic rings. The Morgan fingerprint density at radius 2 is 2.13 bits per heavy atom. The highest BCUT2D eigenvalue weighted by Crippen LogP contribution is 2.28. The van der Waals surface area contributed by atoms with Crippen LogP contribution in [-0.2, 0) is 0 Å². The van der Waals surface area contributed by atoms with E-state index in [0.717, 1.165) is 47.5 Å². The van der Waals surface area contributed by atoms with Crippen molar-refractivity contribution in [3.8, 4) is 0 Å². The molecule has 2 atom stereocenters. The van der Waals surface area contributed by atoms with Crippen molar-refractivity contribution in [2.75, 3.05) is 13.1 Å². The first kappa shape index (κ1) is 20.1. The van der Waals surface area contributed by atoms with Crippen LogP contribution in [0.5, 0.6) is 0 Å². The number of aryl methyl sites for hydroxylation is 1. The first-order valence-corrected chi connectivity index (χ1v) is 11.3. The Morgan fingerprint density at radius 1 is 1.26 bits per heavy atom. The molecule has 0 bridgehead atoms. The maximum absolute atomic E-state index is 12.9. The lowest BCUT2D eigenvalue weighted by atomic mass is 10.0. The summed E-state index contributed by atoms with van der Waals surface area (Å²) in [5.41, 5.74) is 4.53. The first-order chi connectivity index (χ1) is 15.0. The average Bonchev–Trinajstić information content (AvgIpc) is 3.40. The molecule has 6 nitrogen and oxygen atoms in total. The van der Waals surface area contributed by atoms with Crippen molar-refractivity contribution >= 4 is 34.4 Å². The number of carbonyl (C=O) groups excluding carboxylic acids is 1. The number of amidine groups is 1. The van der Waals surface area contributed by atoms with E-state index in [2.05, 4.69) is 27.1 Å². The molecule has 0 radical (unpaired) electrons. The van der Waals surface area contributed by atoms with Crippen LogP contribution in [0.1, 0.15) is 59.5 Å². The number of aromatic amines is 1. The van der Waals surface area contributed by atoms with E-state index in [1.54, 1.807) is 0 Å². The van der Waals surface area contributed by atoms with E-state index < -0.39 is 0 Å². The third kappa shape index (κ3) is 3.81. The largest absolute Gasteiger partial charge is 0.353 e. The number of halogens is 1. The number of hydrogen-bond donors (Lipinski definition) is 2. The lowest BCUT2D eigenvalue weighted by Crippen LogP contribution is -2.40. The zero-order chi connectivity index (χ0) is 21.5. The van der Waals surface area contributed by atoms with Gasteiger partial charge in [0, 0.05) is 35.3 Å². The highest BCUT2D eigenvalue weighted by Gasteiger charge is 2.31. The molecule has 2 N–H and O–H groups in total. The van der Waals surface area contributed by atoms with Crippen LogP contribution >= 0.6 is 11.6 Å². The number of nitrogens with zero attached hydrogens (tertiary/aromatic N) is 3. The van der Waals surface area contributed by atoms with Gasteiger partial charge in [0.2, 0.25) is 0 Å². The Morgan fingerprint density at radius 3 is 2.97 bits per heavy atom. The predicted molar refractivity (Wildman–Crippen MR) is 124 cm³/mol. The van der Waals surface area contributed by atoms with Crippen molar-refractivity contribution in [3.63, 3.8) is 0 Å². The molecule has 2 aromatic carbocycles. The van der Waals surface area contributed by atoms with E-state index in [1.807, 2.05) is 43.3 Å². The van der Waals surface area contributed by atoms with Gasteiger partial charge in [-0.2, -0.15) is 0 Å². The van der Waals surface area contributed by atoms with Crippen molar-refractivity contribution in [1.82, 2.24) is 20.2 Å². The SMILES string of the molecule is Cc1cc(C(=O)N[C@@H](C)c2nc3ccc(Cl)cc3[nH]2)ccc1C1=NCCC2CCCN12. The molecule has 0 spiro atoms. The minimum atomic E-state index is -0.258. The smallest absolute Gasteiger partial charge is 0.251 e. The Balaban J connectivity index is 1.33. The number of hydrogen-bond acceptors (Lipinski definition) is 4. The summed E-state index contributed by atoms with van der Waals surface area (Å²) in [5, 5.41) is 3.70. The monoisotopic (exact) mass is 435 g/mol. The van der Waals surface area contributed by atoms with Crippen LogP contribution in [-0.4, -0.2) is 45.7 Å². The zero-order valence-corrected chi connectivity index (χ0v) is 18.5. The Kier molecular flexibility index (Phi) is 5.18. The van der Waals surface area contributed by atoms with Crippen molar-refractivity contribution in [3.05, 3.63) is 63.9 Å². The van der Waals surface area contributed by atoms with Crippen LogP contribution in [0, 0.1) is 6.92 Å². The van der Waals surface area contributed by atoms with Crippen LogP contribution in [0.3, 0.4) is 0 Å². The summed E-state index contributed by atoms with van der Waals surface area (Å²) in [6.07, 6.45) is 3.63. The van der Waals surface area contributed by atoms with Gasteiger partial charge >= 0.3 is 0 Å². The highest BCUT2D eigenvalue weighted by molar-refractivity contribution is 6.31. The van der Waals surface area contributed by atoms with Gasteiger partial charge < -0.3 is 15.2 Å². The van der Waals surface area contributed by atoms with Crippen LogP contribution in [0.4, 0.5) is 0 Å². The molecule has 1 fully saturated rings. The molecular weight excluding hydrogens is 410 g/mol.